The van der Waals surface area contributed by atoms with Crippen LogP contribution in [0.25, 0.3) is 21.5 Å². The molecule has 0 spiro atoms. The summed E-state index contributed by atoms with van der Waals surface area (Å²) in [5, 5.41) is 17.6. The van der Waals surface area contributed by atoms with Crippen LogP contribution in [0.15, 0.2) is 31.3 Å². The van der Waals surface area contributed by atoms with Crippen LogP contribution in [0.5, 0.6) is 0 Å². The van der Waals surface area contributed by atoms with Crippen LogP contribution in [0.3, 0.4) is 0 Å². The van der Waals surface area contributed by atoms with Crippen LogP contribution in [-0.2, 0) is 41.5 Å². The van der Waals surface area contributed by atoms with E-state index in [4.69, 9.17) is 38.6 Å². The molecular weight excluding hydrogens is 532 g/mol. The van der Waals surface area contributed by atoms with Crippen LogP contribution in [0.2, 0.25) is 0 Å². The molecule has 0 saturated heterocycles. The summed E-state index contributed by atoms with van der Waals surface area (Å²) in [6.45, 7) is 3.18. The molecule has 0 unspecified atom stereocenters. The molecule has 3 aromatic rings. The van der Waals surface area contributed by atoms with Crippen molar-refractivity contribution >= 4 is 21.5 Å². The summed E-state index contributed by atoms with van der Waals surface area (Å²) in [6.07, 6.45) is 0. The van der Waals surface area contributed by atoms with E-state index in [1.54, 1.807) is 0 Å². The predicted octanol–water partition coefficient (Wildman–Crippen LogP) is -2.00. The summed E-state index contributed by atoms with van der Waals surface area (Å²) >= 11 is 0. The lowest BCUT2D eigenvalue weighted by Gasteiger charge is -2.06. The molecule has 0 fully saturated rings. The maximum absolute atomic E-state index is 12.9. The SMILES string of the molecule is O=c1c2cc3c(=O)n(CCOCCOCCOCCO)c(=O)c3cc2c(=O)n1CCOCCOCCOCCO. The second-order valence-electron chi connectivity index (χ2n) is 8.59. The highest BCUT2D eigenvalue weighted by atomic mass is 16.6. The van der Waals surface area contributed by atoms with Crippen molar-refractivity contribution in [1.82, 2.24) is 9.13 Å². The number of ether oxygens (including phenoxy) is 6. The Morgan fingerprint density at radius 1 is 0.425 bits per heavy atom. The molecule has 14 nitrogen and oxygen atoms in total. The Labute approximate surface area is 228 Å². The topological polar surface area (TPSA) is 174 Å². The van der Waals surface area contributed by atoms with E-state index in [0.29, 0.717) is 39.6 Å². The lowest BCUT2D eigenvalue weighted by Crippen LogP contribution is -2.28. The van der Waals surface area contributed by atoms with Crippen molar-refractivity contribution < 1.29 is 38.6 Å². The van der Waals surface area contributed by atoms with Gasteiger partial charge in [-0.25, -0.2) is 0 Å². The molecule has 222 valence electrons. The minimum absolute atomic E-state index is 0.0153. The molecule has 1 aromatic carbocycles. The maximum atomic E-state index is 12.9. The average Bonchev–Trinajstić information content (AvgIpc) is 3.33. The van der Waals surface area contributed by atoms with Crippen LogP contribution >= 0.6 is 0 Å². The Morgan fingerprint density at radius 2 is 0.675 bits per heavy atom. The molecule has 0 bridgehead atoms. The van der Waals surface area contributed by atoms with Gasteiger partial charge in [-0.2, -0.15) is 0 Å². The number of aliphatic hydroxyl groups excluding tert-OH is 2. The number of hydrogen-bond acceptors (Lipinski definition) is 12. The van der Waals surface area contributed by atoms with Gasteiger partial charge in [-0.3, -0.25) is 28.3 Å². The quantitative estimate of drug-likeness (QED) is 0.128. The number of nitrogens with zero attached hydrogens (tertiary/aromatic N) is 2. The number of fused-ring (bicyclic) bond motifs is 2. The zero-order valence-electron chi connectivity index (χ0n) is 22.3. The van der Waals surface area contributed by atoms with Gasteiger partial charge < -0.3 is 38.6 Å². The highest BCUT2D eigenvalue weighted by Gasteiger charge is 2.19. The largest absolute Gasteiger partial charge is 0.394 e. The summed E-state index contributed by atoms with van der Waals surface area (Å²) in [6, 6.07) is 2.62. The fraction of sp³-hybridized carbons (Fsp3) is 0.615. The third kappa shape index (κ3) is 8.59. The molecule has 40 heavy (non-hydrogen) atoms. The highest BCUT2D eigenvalue weighted by molar-refractivity contribution is 5.97. The fourth-order valence-electron chi connectivity index (χ4n) is 4.00. The van der Waals surface area contributed by atoms with E-state index >= 15 is 0 Å². The summed E-state index contributed by atoms with van der Waals surface area (Å²) in [4.78, 5) is 51.5. The molecular formula is C26H36N2O12. The minimum Gasteiger partial charge on any atom is -0.394 e. The Balaban J connectivity index is 1.52. The summed E-state index contributed by atoms with van der Waals surface area (Å²) in [5.74, 6) is 0. The molecule has 0 saturated carbocycles. The summed E-state index contributed by atoms with van der Waals surface area (Å²) in [7, 11) is 0. The van der Waals surface area contributed by atoms with Gasteiger partial charge in [0.05, 0.1) is 127 Å². The van der Waals surface area contributed by atoms with Gasteiger partial charge in [0, 0.05) is 0 Å². The van der Waals surface area contributed by atoms with E-state index < -0.39 is 22.2 Å². The smallest absolute Gasteiger partial charge is 0.261 e. The van der Waals surface area contributed by atoms with E-state index in [1.165, 1.54) is 12.1 Å². The van der Waals surface area contributed by atoms with Gasteiger partial charge in [-0.15, -0.1) is 0 Å². The minimum atomic E-state index is -0.549. The first-order valence-electron chi connectivity index (χ1n) is 13.1. The summed E-state index contributed by atoms with van der Waals surface area (Å²) < 4.78 is 33.7. The Bertz CT molecular complexity index is 1210. The van der Waals surface area contributed by atoms with Crippen LogP contribution in [0.4, 0.5) is 0 Å². The van der Waals surface area contributed by atoms with Gasteiger partial charge in [-0.1, -0.05) is 0 Å². The standard InChI is InChI=1S/C26H36N2O12/c29-3-7-37-11-15-39-13-9-35-5-1-27-23(31)19-17-21-22(18-20(19)24(27)32)26(34)28(25(21)33)2-6-36-10-14-40-16-12-38-8-4-30/h17-18,29-30H,1-16H2. The lowest BCUT2D eigenvalue weighted by atomic mass is 10.1. The van der Waals surface area contributed by atoms with Crippen molar-refractivity contribution in [3.8, 4) is 0 Å². The molecule has 0 amide bonds. The molecule has 2 heterocycles. The van der Waals surface area contributed by atoms with Crippen molar-refractivity contribution in [1.29, 1.82) is 0 Å². The first kappa shape index (κ1) is 31.7. The third-order valence-corrected chi connectivity index (χ3v) is 5.94. The fourth-order valence-corrected chi connectivity index (χ4v) is 4.00. The van der Waals surface area contributed by atoms with E-state index in [1.807, 2.05) is 0 Å². The molecule has 0 aliphatic carbocycles. The van der Waals surface area contributed by atoms with Gasteiger partial charge in [-0.05, 0) is 12.1 Å². The van der Waals surface area contributed by atoms with Gasteiger partial charge >= 0.3 is 0 Å². The highest BCUT2D eigenvalue weighted by Crippen LogP contribution is 2.14. The molecule has 0 aliphatic rings. The molecule has 0 radical (unpaired) electrons. The first-order chi connectivity index (χ1) is 19.5. The monoisotopic (exact) mass is 568 g/mol. The van der Waals surface area contributed by atoms with Crippen LogP contribution in [0.1, 0.15) is 0 Å². The summed E-state index contributed by atoms with van der Waals surface area (Å²) in [5.41, 5.74) is -2.19. The average molecular weight is 569 g/mol. The molecule has 0 aliphatic heterocycles. The number of hydrogen-bond donors (Lipinski definition) is 2. The number of rotatable bonds is 22. The molecule has 14 heteroatoms. The normalized spacial score (nSPS) is 11.8. The third-order valence-electron chi connectivity index (χ3n) is 5.94. The number of benzene rings is 1. The van der Waals surface area contributed by atoms with Crippen molar-refractivity contribution in [2.24, 2.45) is 0 Å². The van der Waals surface area contributed by atoms with Gasteiger partial charge in [0.2, 0.25) is 0 Å². The maximum Gasteiger partial charge on any atom is 0.261 e. The molecule has 0 atom stereocenters. The molecule has 2 aromatic heterocycles. The van der Waals surface area contributed by atoms with Crippen molar-refractivity contribution in [3.63, 3.8) is 0 Å². The Kier molecular flexibility index (Phi) is 13.5. The van der Waals surface area contributed by atoms with Gasteiger partial charge in [0.1, 0.15) is 0 Å². The molecule has 2 N–H and O–H groups in total. The van der Waals surface area contributed by atoms with E-state index in [9.17, 15) is 19.2 Å². The van der Waals surface area contributed by atoms with Crippen molar-refractivity contribution in [3.05, 3.63) is 53.5 Å². The van der Waals surface area contributed by atoms with E-state index in [0.717, 1.165) is 9.13 Å². The van der Waals surface area contributed by atoms with Gasteiger partial charge in [0.15, 0.2) is 0 Å². The van der Waals surface area contributed by atoms with Crippen molar-refractivity contribution in [2.75, 3.05) is 92.5 Å². The Hall–Kier alpha value is -2.82. The predicted molar refractivity (Wildman–Crippen MR) is 144 cm³/mol. The van der Waals surface area contributed by atoms with E-state index in [-0.39, 0.29) is 87.5 Å². The first-order valence-corrected chi connectivity index (χ1v) is 13.1. The van der Waals surface area contributed by atoms with E-state index in [2.05, 4.69) is 0 Å². The Morgan fingerprint density at radius 3 is 0.950 bits per heavy atom. The number of aliphatic hydroxyl groups is 2. The molecule has 3 rings (SSSR count). The zero-order chi connectivity index (χ0) is 28.7. The van der Waals surface area contributed by atoms with Crippen LogP contribution < -0.4 is 22.2 Å². The van der Waals surface area contributed by atoms with Crippen LogP contribution in [0, 0.1) is 0 Å². The second-order valence-corrected chi connectivity index (χ2v) is 8.59. The van der Waals surface area contributed by atoms with Gasteiger partial charge in [0.25, 0.3) is 22.2 Å². The van der Waals surface area contributed by atoms with Crippen LogP contribution in [-0.4, -0.2) is 112 Å². The lowest BCUT2D eigenvalue weighted by molar-refractivity contribution is 0.00651. The number of aromatic nitrogens is 2. The van der Waals surface area contributed by atoms with Crippen molar-refractivity contribution in [2.45, 2.75) is 13.1 Å². The second kappa shape index (κ2) is 17.1. The zero-order valence-corrected chi connectivity index (χ0v) is 22.3.